The molecule has 4 nitrogen and oxygen atoms in total. The monoisotopic (exact) mass is 348 g/mol. The second-order valence-corrected chi connectivity index (χ2v) is 8.01. The SMILES string of the molecule is COc1cccc2c1[C@]1(C)[C@H]3C(=O)O[C@](C)(c4ccccc43)[C@@]1(C)C2=O. The highest BCUT2D eigenvalue weighted by Gasteiger charge is 2.78. The van der Waals surface area contributed by atoms with Crippen molar-refractivity contribution in [3.8, 4) is 5.75 Å². The Labute approximate surface area is 152 Å². The van der Waals surface area contributed by atoms with Gasteiger partial charge in [-0.1, -0.05) is 43.3 Å². The molecule has 0 unspecified atom stereocenters. The van der Waals surface area contributed by atoms with E-state index in [4.69, 9.17) is 9.47 Å². The molecular weight excluding hydrogens is 328 g/mol. The predicted molar refractivity (Wildman–Crippen MR) is 95.4 cm³/mol. The fourth-order valence-corrected chi connectivity index (χ4v) is 5.87. The third kappa shape index (κ3) is 1.28. The first-order chi connectivity index (χ1) is 12.3. The number of benzene rings is 2. The van der Waals surface area contributed by atoms with Gasteiger partial charge in [0.1, 0.15) is 11.4 Å². The van der Waals surface area contributed by atoms with E-state index >= 15 is 0 Å². The summed E-state index contributed by atoms with van der Waals surface area (Å²) in [5.74, 6) is -0.128. The molecule has 0 radical (unpaired) electrons. The number of carbonyl (C=O) groups excluding carboxylic acids is 2. The number of rotatable bonds is 1. The smallest absolute Gasteiger partial charge is 0.315 e. The number of hydrogen-bond donors (Lipinski definition) is 0. The third-order valence-corrected chi connectivity index (χ3v) is 7.36. The second-order valence-electron chi connectivity index (χ2n) is 8.01. The molecule has 2 bridgehead atoms. The topological polar surface area (TPSA) is 52.6 Å². The quantitative estimate of drug-likeness (QED) is 0.737. The summed E-state index contributed by atoms with van der Waals surface area (Å²) in [4.78, 5) is 26.7. The summed E-state index contributed by atoms with van der Waals surface area (Å²) in [6, 6.07) is 13.4. The van der Waals surface area contributed by atoms with Gasteiger partial charge in [0, 0.05) is 22.1 Å². The Morgan fingerprint density at radius 1 is 1.00 bits per heavy atom. The molecule has 2 aliphatic carbocycles. The molecule has 2 heterocycles. The second kappa shape index (κ2) is 4.37. The lowest BCUT2D eigenvalue weighted by molar-refractivity contribution is -0.207. The normalized spacial score (nSPS) is 36.2. The molecule has 26 heavy (non-hydrogen) atoms. The Bertz CT molecular complexity index is 1010. The van der Waals surface area contributed by atoms with Crippen molar-refractivity contribution < 1.29 is 19.1 Å². The lowest BCUT2D eigenvalue weighted by Gasteiger charge is -2.62. The number of carbonyl (C=O) groups is 2. The van der Waals surface area contributed by atoms with Crippen LogP contribution in [-0.4, -0.2) is 18.9 Å². The van der Waals surface area contributed by atoms with Crippen LogP contribution < -0.4 is 4.74 Å². The minimum atomic E-state index is -1.02. The summed E-state index contributed by atoms with van der Waals surface area (Å²) in [6.45, 7) is 5.86. The van der Waals surface area contributed by atoms with Gasteiger partial charge in [-0.15, -0.1) is 0 Å². The van der Waals surface area contributed by atoms with Crippen LogP contribution in [-0.2, 0) is 20.5 Å². The minimum absolute atomic E-state index is 0.0170. The molecule has 1 saturated heterocycles. The first-order valence-corrected chi connectivity index (χ1v) is 8.87. The molecule has 0 aromatic heterocycles. The molecule has 4 atom stereocenters. The van der Waals surface area contributed by atoms with Crippen molar-refractivity contribution in [2.24, 2.45) is 5.41 Å². The molecule has 1 fully saturated rings. The molecular formula is C22H20O4. The van der Waals surface area contributed by atoms with Gasteiger partial charge in [-0.3, -0.25) is 9.59 Å². The lowest BCUT2D eigenvalue weighted by atomic mass is 9.44. The van der Waals surface area contributed by atoms with Crippen LogP contribution in [0.2, 0.25) is 0 Å². The van der Waals surface area contributed by atoms with Gasteiger partial charge < -0.3 is 9.47 Å². The average Bonchev–Trinajstić information content (AvgIpc) is 2.82. The summed E-state index contributed by atoms with van der Waals surface area (Å²) in [7, 11) is 1.61. The molecule has 4 heteroatoms. The standard InChI is InChI=1S/C22H20O4/c1-20-16-13(9-7-11-15(16)25-4)18(23)21(20,2)22(3)14-10-6-5-8-12(14)17(20)19(24)26-22/h5-11,17H,1-4H3/t17-,20-,21+,22-/m1/s1. The first-order valence-electron chi connectivity index (χ1n) is 8.87. The number of ether oxygens (including phenoxy) is 2. The predicted octanol–water partition coefficient (Wildman–Crippen LogP) is 3.72. The Hall–Kier alpha value is -2.62. The number of ketones is 1. The largest absolute Gasteiger partial charge is 0.496 e. The highest BCUT2D eigenvalue weighted by molar-refractivity contribution is 6.11. The van der Waals surface area contributed by atoms with E-state index in [-0.39, 0.29) is 11.8 Å². The summed E-state index contributed by atoms with van der Waals surface area (Å²) < 4.78 is 11.6. The molecule has 132 valence electrons. The van der Waals surface area contributed by atoms with Crippen molar-refractivity contribution in [3.05, 3.63) is 64.7 Å². The Kier molecular flexibility index (Phi) is 2.63. The number of fused-ring (bicyclic) bond motifs is 2. The number of hydrogen-bond acceptors (Lipinski definition) is 4. The lowest BCUT2D eigenvalue weighted by Crippen LogP contribution is -2.68. The van der Waals surface area contributed by atoms with E-state index in [0.717, 1.165) is 16.7 Å². The Morgan fingerprint density at radius 3 is 2.46 bits per heavy atom. The van der Waals surface area contributed by atoms with E-state index in [0.29, 0.717) is 11.3 Å². The van der Waals surface area contributed by atoms with Gasteiger partial charge in [-0.05, 0) is 25.5 Å². The van der Waals surface area contributed by atoms with Crippen molar-refractivity contribution in [1.82, 2.24) is 0 Å². The van der Waals surface area contributed by atoms with Gasteiger partial charge in [0.25, 0.3) is 0 Å². The number of esters is 1. The van der Waals surface area contributed by atoms with Crippen LogP contribution in [0.5, 0.6) is 5.75 Å². The highest BCUT2D eigenvalue weighted by Crippen LogP contribution is 2.73. The molecule has 0 spiro atoms. The summed E-state index contributed by atoms with van der Waals surface area (Å²) in [5.41, 5.74) is 0.705. The maximum absolute atomic E-state index is 13.7. The Balaban J connectivity index is 1.97. The van der Waals surface area contributed by atoms with Gasteiger partial charge in [0.2, 0.25) is 0 Å². The molecule has 0 amide bonds. The minimum Gasteiger partial charge on any atom is -0.496 e. The van der Waals surface area contributed by atoms with Crippen LogP contribution in [0.25, 0.3) is 0 Å². The molecule has 4 aliphatic rings. The van der Waals surface area contributed by atoms with E-state index < -0.39 is 22.3 Å². The first kappa shape index (κ1) is 15.6. The van der Waals surface area contributed by atoms with E-state index in [1.54, 1.807) is 7.11 Å². The van der Waals surface area contributed by atoms with Gasteiger partial charge >= 0.3 is 5.97 Å². The van der Waals surface area contributed by atoms with E-state index in [1.807, 2.05) is 63.2 Å². The van der Waals surface area contributed by atoms with Crippen LogP contribution in [0.1, 0.15) is 53.7 Å². The average molecular weight is 348 g/mol. The Morgan fingerprint density at radius 2 is 1.73 bits per heavy atom. The summed E-state index contributed by atoms with van der Waals surface area (Å²) in [5, 5.41) is 0. The third-order valence-electron chi connectivity index (χ3n) is 7.36. The van der Waals surface area contributed by atoms with Crippen molar-refractivity contribution >= 4 is 11.8 Å². The maximum atomic E-state index is 13.7. The molecule has 2 aliphatic heterocycles. The fourth-order valence-electron chi connectivity index (χ4n) is 5.87. The van der Waals surface area contributed by atoms with Crippen molar-refractivity contribution in [1.29, 1.82) is 0 Å². The van der Waals surface area contributed by atoms with Crippen LogP contribution in [0, 0.1) is 5.41 Å². The van der Waals surface area contributed by atoms with Crippen molar-refractivity contribution in [2.75, 3.05) is 7.11 Å². The molecule has 0 N–H and O–H groups in total. The maximum Gasteiger partial charge on any atom is 0.315 e. The van der Waals surface area contributed by atoms with Gasteiger partial charge in [0.05, 0.1) is 18.4 Å². The van der Waals surface area contributed by atoms with Crippen LogP contribution >= 0.6 is 0 Å². The fraction of sp³-hybridized carbons (Fsp3) is 0.364. The van der Waals surface area contributed by atoms with E-state index in [1.165, 1.54) is 0 Å². The van der Waals surface area contributed by atoms with E-state index in [9.17, 15) is 9.59 Å². The zero-order chi connectivity index (χ0) is 18.5. The highest BCUT2D eigenvalue weighted by atomic mass is 16.6. The molecule has 6 rings (SSSR count). The zero-order valence-electron chi connectivity index (χ0n) is 15.3. The number of methoxy groups -OCH3 is 1. The zero-order valence-corrected chi connectivity index (χ0v) is 15.3. The van der Waals surface area contributed by atoms with Crippen molar-refractivity contribution in [3.63, 3.8) is 0 Å². The van der Waals surface area contributed by atoms with Crippen molar-refractivity contribution in [2.45, 2.75) is 37.7 Å². The van der Waals surface area contributed by atoms with Crippen LogP contribution in [0.15, 0.2) is 42.5 Å². The number of Topliss-reactive ketones (excluding diaryl/α,β-unsaturated/α-hetero) is 1. The van der Waals surface area contributed by atoms with E-state index in [2.05, 4.69) is 0 Å². The van der Waals surface area contributed by atoms with Crippen LogP contribution in [0.3, 0.4) is 0 Å². The molecule has 0 saturated carbocycles. The molecule has 2 aromatic rings. The van der Waals surface area contributed by atoms with Crippen LogP contribution in [0.4, 0.5) is 0 Å². The summed E-state index contributed by atoms with van der Waals surface area (Å²) >= 11 is 0. The van der Waals surface area contributed by atoms with Gasteiger partial charge in [-0.25, -0.2) is 0 Å². The van der Waals surface area contributed by atoms with Gasteiger partial charge in [-0.2, -0.15) is 0 Å². The molecule has 2 aromatic carbocycles. The summed E-state index contributed by atoms with van der Waals surface area (Å²) in [6.07, 6.45) is 0. The van der Waals surface area contributed by atoms with Gasteiger partial charge in [0.15, 0.2) is 5.78 Å².